The van der Waals surface area contributed by atoms with Crippen LogP contribution in [0.1, 0.15) is 45.9 Å². The van der Waals surface area contributed by atoms with E-state index < -0.39 is 0 Å². The first-order chi connectivity index (χ1) is 14.4. The van der Waals surface area contributed by atoms with Gasteiger partial charge in [0.1, 0.15) is 11.6 Å². The first kappa shape index (κ1) is 21.5. The topological polar surface area (TPSA) is 44.0 Å². The van der Waals surface area contributed by atoms with Gasteiger partial charge in [0.25, 0.3) is 0 Å². The average Bonchev–Trinajstić information content (AvgIpc) is 3.10. The van der Waals surface area contributed by atoms with Crippen LogP contribution < -0.4 is 5.32 Å². The third-order valence-corrected chi connectivity index (χ3v) is 7.38. The highest BCUT2D eigenvalue weighted by Gasteiger charge is 2.32. The summed E-state index contributed by atoms with van der Waals surface area (Å²) >= 11 is 0. The summed E-state index contributed by atoms with van der Waals surface area (Å²) in [5.74, 6) is 3.20. The van der Waals surface area contributed by atoms with Crippen molar-refractivity contribution >= 4 is 11.0 Å². The van der Waals surface area contributed by atoms with Crippen LogP contribution in [-0.2, 0) is 6.42 Å². The molecule has 1 aromatic carbocycles. The summed E-state index contributed by atoms with van der Waals surface area (Å²) in [6, 6.07) is 5.44. The Hall–Kier alpha value is -1.72. The predicted molar refractivity (Wildman–Crippen MR) is 122 cm³/mol. The number of likely N-dealkylation sites (tertiary alicyclic amines) is 1. The van der Waals surface area contributed by atoms with Crippen LogP contribution in [0.25, 0.3) is 11.0 Å². The molecule has 164 valence electrons. The molecule has 30 heavy (non-hydrogen) atoms. The van der Waals surface area contributed by atoms with Crippen molar-refractivity contribution in [1.29, 1.82) is 0 Å². The molecule has 0 amide bonds. The number of fused-ring (bicyclic) bond motifs is 1. The van der Waals surface area contributed by atoms with Gasteiger partial charge < -0.3 is 15.2 Å². The van der Waals surface area contributed by atoms with E-state index in [1.807, 2.05) is 0 Å². The number of hydrogen-bond acceptors (Lipinski definition) is 3. The second kappa shape index (κ2) is 9.19. The highest BCUT2D eigenvalue weighted by Crippen LogP contribution is 2.38. The Morgan fingerprint density at radius 1 is 1.27 bits per heavy atom. The summed E-state index contributed by atoms with van der Waals surface area (Å²) in [6.45, 7) is 10.5. The third-order valence-electron chi connectivity index (χ3n) is 7.38. The minimum Gasteiger partial charge on any atom is -0.342 e. The Labute approximate surface area is 180 Å². The lowest BCUT2D eigenvalue weighted by molar-refractivity contribution is 0.197. The van der Waals surface area contributed by atoms with Gasteiger partial charge in [-0.25, -0.2) is 9.37 Å². The smallest absolute Gasteiger partial charge is 0.125 e. The maximum absolute atomic E-state index is 13.5. The first-order valence-electron chi connectivity index (χ1n) is 11.6. The fourth-order valence-electron chi connectivity index (χ4n) is 5.39. The van der Waals surface area contributed by atoms with E-state index in [4.69, 9.17) is 4.98 Å². The molecule has 2 heterocycles. The van der Waals surface area contributed by atoms with Crippen molar-refractivity contribution in [3.63, 3.8) is 0 Å². The Bertz CT molecular complexity index is 878. The van der Waals surface area contributed by atoms with E-state index in [0.717, 1.165) is 29.8 Å². The molecule has 2 aromatic rings. The van der Waals surface area contributed by atoms with E-state index in [-0.39, 0.29) is 5.82 Å². The lowest BCUT2D eigenvalue weighted by Crippen LogP contribution is -2.44. The molecule has 4 rings (SSSR count). The van der Waals surface area contributed by atoms with E-state index in [1.165, 1.54) is 50.1 Å². The lowest BCUT2D eigenvalue weighted by Gasteiger charge is -2.38. The molecule has 1 aromatic heterocycles. The number of piperidine rings is 1. The van der Waals surface area contributed by atoms with Gasteiger partial charge in [0.15, 0.2) is 0 Å². The summed E-state index contributed by atoms with van der Waals surface area (Å²) in [7, 11) is 2.22. The number of H-pyrrole nitrogens is 1. The maximum atomic E-state index is 13.5. The molecular formula is C25H37FN4. The Morgan fingerprint density at radius 3 is 2.77 bits per heavy atom. The summed E-state index contributed by atoms with van der Waals surface area (Å²) in [4.78, 5) is 10.5. The number of nitrogens with zero attached hydrogens (tertiary/aromatic N) is 2. The van der Waals surface area contributed by atoms with Gasteiger partial charge in [-0.2, -0.15) is 0 Å². The molecular weight excluding hydrogens is 375 g/mol. The second-order valence-corrected chi connectivity index (χ2v) is 9.95. The van der Waals surface area contributed by atoms with Crippen molar-refractivity contribution < 1.29 is 4.39 Å². The van der Waals surface area contributed by atoms with Crippen molar-refractivity contribution in [2.45, 2.75) is 52.5 Å². The molecule has 0 bridgehead atoms. The average molecular weight is 413 g/mol. The lowest BCUT2D eigenvalue weighted by atomic mass is 9.69. The molecule has 3 unspecified atom stereocenters. The number of aromatic nitrogens is 2. The fraction of sp³-hybridized carbons (Fsp3) is 0.640. The molecule has 2 N–H and O–H groups in total. The number of imidazole rings is 1. The van der Waals surface area contributed by atoms with Crippen LogP contribution in [0.15, 0.2) is 29.8 Å². The minimum absolute atomic E-state index is 0.216. The van der Waals surface area contributed by atoms with Crippen molar-refractivity contribution in [3.8, 4) is 0 Å². The maximum Gasteiger partial charge on any atom is 0.125 e. The van der Waals surface area contributed by atoms with E-state index >= 15 is 0 Å². The van der Waals surface area contributed by atoms with Crippen LogP contribution in [-0.4, -0.2) is 47.6 Å². The fourth-order valence-corrected chi connectivity index (χ4v) is 5.39. The Morgan fingerprint density at radius 2 is 2.03 bits per heavy atom. The standard InChI is InChI=1S/C25H37FN4/c1-16(2)22-12-18(13-25-28-23-6-5-20(26)14-24(23)29-25)17(3)11-19(22)15-27-21-7-9-30(4)10-8-21/h5-6,11,14,16,18-19,21-22,27H,7-10,12-13,15H2,1-4H3,(H,28,29). The molecule has 2 aliphatic rings. The Balaban J connectivity index is 1.43. The number of nitrogens with one attached hydrogen (secondary N) is 2. The van der Waals surface area contributed by atoms with Crippen molar-refractivity contribution in [2.24, 2.45) is 23.7 Å². The third kappa shape index (κ3) is 4.94. The predicted octanol–water partition coefficient (Wildman–Crippen LogP) is 4.78. The van der Waals surface area contributed by atoms with Crippen LogP contribution in [0.5, 0.6) is 0 Å². The van der Waals surface area contributed by atoms with Gasteiger partial charge in [-0.3, -0.25) is 0 Å². The summed E-state index contributed by atoms with van der Waals surface area (Å²) in [6.07, 6.45) is 7.15. The highest BCUT2D eigenvalue weighted by atomic mass is 19.1. The zero-order valence-electron chi connectivity index (χ0n) is 18.9. The summed E-state index contributed by atoms with van der Waals surface area (Å²) < 4.78 is 13.5. The highest BCUT2D eigenvalue weighted by molar-refractivity contribution is 5.74. The monoisotopic (exact) mass is 412 g/mol. The van der Waals surface area contributed by atoms with E-state index in [9.17, 15) is 4.39 Å². The summed E-state index contributed by atoms with van der Waals surface area (Å²) in [5, 5.41) is 3.88. The van der Waals surface area contributed by atoms with Crippen LogP contribution in [0.4, 0.5) is 4.39 Å². The van der Waals surface area contributed by atoms with Gasteiger partial charge >= 0.3 is 0 Å². The van der Waals surface area contributed by atoms with Crippen LogP contribution >= 0.6 is 0 Å². The summed E-state index contributed by atoms with van der Waals surface area (Å²) in [5.41, 5.74) is 3.13. The van der Waals surface area contributed by atoms with E-state index in [2.05, 4.69) is 49.1 Å². The number of hydrogen-bond donors (Lipinski definition) is 2. The van der Waals surface area contributed by atoms with Crippen LogP contribution in [0.2, 0.25) is 0 Å². The molecule has 0 spiro atoms. The van der Waals surface area contributed by atoms with Gasteiger partial charge in [-0.15, -0.1) is 0 Å². The molecule has 1 aliphatic carbocycles. The van der Waals surface area contributed by atoms with Gasteiger partial charge in [0.2, 0.25) is 0 Å². The van der Waals surface area contributed by atoms with Gasteiger partial charge in [-0.05, 0) is 88.2 Å². The second-order valence-electron chi connectivity index (χ2n) is 9.95. The van der Waals surface area contributed by atoms with Crippen molar-refractivity contribution in [2.75, 3.05) is 26.7 Å². The van der Waals surface area contributed by atoms with Gasteiger partial charge in [-0.1, -0.05) is 25.5 Å². The molecule has 1 aliphatic heterocycles. The largest absolute Gasteiger partial charge is 0.342 e. The van der Waals surface area contributed by atoms with E-state index in [0.29, 0.717) is 29.7 Å². The molecule has 5 heteroatoms. The number of benzene rings is 1. The van der Waals surface area contributed by atoms with E-state index in [1.54, 1.807) is 6.07 Å². The zero-order chi connectivity index (χ0) is 21.3. The number of allylic oxidation sites excluding steroid dienone is 1. The van der Waals surface area contributed by atoms with Gasteiger partial charge in [0, 0.05) is 19.0 Å². The number of aromatic amines is 1. The molecule has 4 nitrogen and oxygen atoms in total. The number of halogens is 1. The SMILES string of the molecule is CC1=CC(CNC2CCN(C)CC2)C(C(C)C)CC1Cc1nc2ccc(F)cc2[nH]1. The normalized spacial score (nSPS) is 26.5. The Kier molecular flexibility index (Phi) is 6.59. The molecule has 1 fully saturated rings. The van der Waals surface area contributed by atoms with Crippen molar-refractivity contribution in [3.05, 3.63) is 41.5 Å². The van der Waals surface area contributed by atoms with Crippen molar-refractivity contribution in [1.82, 2.24) is 20.2 Å². The molecule has 1 saturated heterocycles. The molecule has 0 radical (unpaired) electrons. The first-order valence-corrected chi connectivity index (χ1v) is 11.6. The minimum atomic E-state index is -0.216. The molecule has 0 saturated carbocycles. The zero-order valence-corrected chi connectivity index (χ0v) is 18.9. The number of rotatable bonds is 6. The quantitative estimate of drug-likeness (QED) is 0.671. The molecule has 3 atom stereocenters. The van der Waals surface area contributed by atoms with Crippen LogP contribution in [0.3, 0.4) is 0 Å². The van der Waals surface area contributed by atoms with Crippen LogP contribution in [0, 0.1) is 29.5 Å². The van der Waals surface area contributed by atoms with Gasteiger partial charge in [0.05, 0.1) is 11.0 Å².